The number of hydrogen-bond donors (Lipinski definition) is 0. The Morgan fingerprint density at radius 1 is 1.62 bits per heavy atom. The highest BCUT2D eigenvalue weighted by molar-refractivity contribution is 7.12. The van der Waals surface area contributed by atoms with Crippen LogP contribution in [0, 0.1) is 0 Å². The number of ether oxygens (including phenoxy) is 1. The molecule has 0 unspecified atom stereocenters. The van der Waals surface area contributed by atoms with E-state index in [2.05, 4.69) is 10.1 Å². The summed E-state index contributed by atoms with van der Waals surface area (Å²) in [4.78, 5) is 16.6. The number of carbonyl (C=O) groups excluding carboxylic acids is 1. The Balaban J connectivity index is 2.11. The predicted molar refractivity (Wildman–Crippen MR) is 59.9 cm³/mol. The fourth-order valence-electron chi connectivity index (χ4n) is 1.28. The fraction of sp³-hybridized carbons (Fsp3) is 0.300. The standard InChI is InChI=1S/C10H11N3O2S/c1-13-10(11-6-12-13)4-8(14)9-3-7(15-2)5-16-9/h3,5-6H,4H2,1-2H3. The van der Waals surface area contributed by atoms with E-state index in [1.54, 1.807) is 24.9 Å². The average molecular weight is 237 g/mol. The molecule has 0 bridgehead atoms. The molecule has 0 saturated heterocycles. The number of Topliss-reactive ketones (excluding diaryl/α,β-unsaturated/α-hetero) is 1. The second kappa shape index (κ2) is 4.44. The first kappa shape index (κ1) is 10.8. The summed E-state index contributed by atoms with van der Waals surface area (Å²) in [6.45, 7) is 0. The number of thiophene rings is 1. The smallest absolute Gasteiger partial charge is 0.180 e. The van der Waals surface area contributed by atoms with E-state index in [0.717, 1.165) is 0 Å². The molecule has 2 rings (SSSR count). The van der Waals surface area contributed by atoms with Crippen LogP contribution >= 0.6 is 11.3 Å². The van der Waals surface area contributed by atoms with Crippen LogP contribution < -0.4 is 4.74 Å². The van der Waals surface area contributed by atoms with Gasteiger partial charge in [-0.25, -0.2) is 4.98 Å². The molecule has 0 radical (unpaired) electrons. The zero-order valence-electron chi connectivity index (χ0n) is 9.01. The van der Waals surface area contributed by atoms with Gasteiger partial charge in [0.2, 0.25) is 0 Å². The van der Waals surface area contributed by atoms with Crippen molar-refractivity contribution in [1.29, 1.82) is 0 Å². The zero-order valence-corrected chi connectivity index (χ0v) is 9.82. The number of methoxy groups -OCH3 is 1. The maximum absolute atomic E-state index is 11.9. The maximum Gasteiger partial charge on any atom is 0.180 e. The van der Waals surface area contributed by atoms with Crippen LogP contribution in [0.1, 0.15) is 15.5 Å². The number of hydrogen-bond acceptors (Lipinski definition) is 5. The molecular formula is C10H11N3O2S. The lowest BCUT2D eigenvalue weighted by molar-refractivity contribution is 0.0993. The van der Waals surface area contributed by atoms with Crippen LogP contribution in [0.5, 0.6) is 5.75 Å². The third kappa shape index (κ3) is 2.11. The summed E-state index contributed by atoms with van der Waals surface area (Å²) in [5, 5.41) is 5.73. The topological polar surface area (TPSA) is 57.0 Å². The lowest BCUT2D eigenvalue weighted by Gasteiger charge is -1.97. The minimum Gasteiger partial charge on any atom is -0.496 e. The number of ketones is 1. The van der Waals surface area contributed by atoms with Gasteiger partial charge in [-0.3, -0.25) is 9.48 Å². The summed E-state index contributed by atoms with van der Waals surface area (Å²) < 4.78 is 6.63. The van der Waals surface area contributed by atoms with Gasteiger partial charge in [-0.05, 0) is 0 Å². The van der Waals surface area contributed by atoms with E-state index in [9.17, 15) is 4.79 Å². The first-order chi connectivity index (χ1) is 7.70. The van der Waals surface area contributed by atoms with Crippen molar-refractivity contribution in [2.45, 2.75) is 6.42 Å². The Kier molecular flexibility index (Phi) is 3.00. The van der Waals surface area contributed by atoms with Crippen molar-refractivity contribution in [2.24, 2.45) is 7.05 Å². The van der Waals surface area contributed by atoms with Crippen molar-refractivity contribution in [3.63, 3.8) is 0 Å². The van der Waals surface area contributed by atoms with Gasteiger partial charge in [0.1, 0.15) is 17.9 Å². The molecule has 0 atom stereocenters. The molecule has 0 spiro atoms. The number of nitrogens with zero attached hydrogens (tertiary/aromatic N) is 3. The third-order valence-corrected chi connectivity index (χ3v) is 3.16. The van der Waals surface area contributed by atoms with Crippen LogP contribution in [0.4, 0.5) is 0 Å². The second-order valence-electron chi connectivity index (χ2n) is 3.25. The monoisotopic (exact) mass is 237 g/mol. The molecule has 0 aliphatic rings. The Morgan fingerprint density at radius 3 is 3.00 bits per heavy atom. The van der Waals surface area contributed by atoms with E-state index in [-0.39, 0.29) is 12.2 Å². The zero-order chi connectivity index (χ0) is 11.5. The summed E-state index contributed by atoms with van der Waals surface area (Å²) in [6.07, 6.45) is 1.71. The first-order valence-corrected chi connectivity index (χ1v) is 5.57. The number of carbonyl (C=O) groups is 1. The van der Waals surface area contributed by atoms with Gasteiger partial charge in [0.15, 0.2) is 5.78 Å². The van der Waals surface area contributed by atoms with Gasteiger partial charge in [-0.2, -0.15) is 5.10 Å². The number of rotatable bonds is 4. The number of aromatic nitrogens is 3. The van der Waals surface area contributed by atoms with Crippen molar-refractivity contribution in [3.05, 3.63) is 28.5 Å². The molecular weight excluding hydrogens is 226 g/mol. The normalized spacial score (nSPS) is 10.4. The quantitative estimate of drug-likeness (QED) is 0.752. The molecule has 16 heavy (non-hydrogen) atoms. The van der Waals surface area contributed by atoms with E-state index in [0.29, 0.717) is 16.5 Å². The van der Waals surface area contributed by atoms with Crippen LogP contribution in [0.3, 0.4) is 0 Å². The van der Waals surface area contributed by atoms with Gasteiger partial charge in [0.05, 0.1) is 18.4 Å². The van der Waals surface area contributed by atoms with Crippen molar-refractivity contribution in [1.82, 2.24) is 14.8 Å². The van der Waals surface area contributed by atoms with E-state index < -0.39 is 0 Å². The average Bonchev–Trinajstić information content (AvgIpc) is 2.88. The lowest BCUT2D eigenvalue weighted by atomic mass is 10.2. The highest BCUT2D eigenvalue weighted by Crippen LogP contribution is 2.22. The lowest BCUT2D eigenvalue weighted by Crippen LogP contribution is -2.07. The number of aryl methyl sites for hydroxylation is 1. The molecule has 0 aliphatic heterocycles. The van der Waals surface area contributed by atoms with Gasteiger partial charge < -0.3 is 4.74 Å². The molecule has 0 saturated carbocycles. The first-order valence-electron chi connectivity index (χ1n) is 4.69. The van der Waals surface area contributed by atoms with Crippen molar-refractivity contribution in [2.75, 3.05) is 7.11 Å². The van der Waals surface area contributed by atoms with Gasteiger partial charge in [0, 0.05) is 18.5 Å². The molecule has 84 valence electrons. The minimum absolute atomic E-state index is 0.0319. The van der Waals surface area contributed by atoms with E-state index in [4.69, 9.17) is 4.74 Å². The highest BCUT2D eigenvalue weighted by atomic mass is 32.1. The molecule has 5 nitrogen and oxygen atoms in total. The van der Waals surface area contributed by atoms with E-state index in [1.165, 1.54) is 17.7 Å². The third-order valence-electron chi connectivity index (χ3n) is 2.21. The second-order valence-corrected chi connectivity index (χ2v) is 4.16. The van der Waals surface area contributed by atoms with Crippen LogP contribution in [0.25, 0.3) is 0 Å². The van der Waals surface area contributed by atoms with Gasteiger partial charge in [-0.1, -0.05) is 0 Å². The van der Waals surface area contributed by atoms with Crippen molar-refractivity contribution < 1.29 is 9.53 Å². The molecule has 2 aromatic heterocycles. The van der Waals surface area contributed by atoms with Crippen LogP contribution in [-0.2, 0) is 13.5 Å². The van der Waals surface area contributed by atoms with E-state index >= 15 is 0 Å². The van der Waals surface area contributed by atoms with E-state index in [1.807, 2.05) is 5.38 Å². The highest BCUT2D eigenvalue weighted by Gasteiger charge is 2.13. The van der Waals surface area contributed by atoms with Crippen LogP contribution in [-0.4, -0.2) is 27.7 Å². The Hall–Kier alpha value is -1.69. The molecule has 0 fully saturated rings. The van der Waals surface area contributed by atoms with Gasteiger partial charge in [-0.15, -0.1) is 11.3 Å². The largest absolute Gasteiger partial charge is 0.496 e. The van der Waals surface area contributed by atoms with Gasteiger partial charge >= 0.3 is 0 Å². The summed E-state index contributed by atoms with van der Waals surface area (Å²) in [6, 6.07) is 1.74. The Morgan fingerprint density at radius 2 is 2.44 bits per heavy atom. The van der Waals surface area contributed by atoms with Crippen LogP contribution in [0.2, 0.25) is 0 Å². The predicted octanol–water partition coefficient (Wildman–Crippen LogP) is 1.31. The molecule has 0 N–H and O–H groups in total. The van der Waals surface area contributed by atoms with Crippen LogP contribution in [0.15, 0.2) is 17.8 Å². The molecule has 0 amide bonds. The summed E-state index contributed by atoms with van der Waals surface area (Å²) in [5.74, 6) is 1.41. The summed E-state index contributed by atoms with van der Waals surface area (Å²) in [5.41, 5.74) is 0. The van der Waals surface area contributed by atoms with Crippen molar-refractivity contribution in [3.8, 4) is 5.75 Å². The molecule has 6 heteroatoms. The summed E-state index contributed by atoms with van der Waals surface area (Å²) >= 11 is 1.38. The minimum atomic E-state index is 0.0319. The summed E-state index contributed by atoms with van der Waals surface area (Å²) in [7, 11) is 3.35. The molecule has 0 aliphatic carbocycles. The maximum atomic E-state index is 11.9. The Labute approximate surface area is 96.7 Å². The molecule has 2 aromatic rings. The van der Waals surface area contributed by atoms with Gasteiger partial charge in [0.25, 0.3) is 0 Å². The fourth-order valence-corrected chi connectivity index (χ4v) is 2.08. The molecule has 0 aromatic carbocycles. The Bertz CT molecular complexity index is 504. The SMILES string of the molecule is COc1csc(C(=O)Cc2ncnn2C)c1. The van der Waals surface area contributed by atoms with Crippen molar-refractivity contribution >= 4 is 17.1 Å². The molecule has 2 heterocycles.